The first-order chi connectivity index (χ1) is 9.59. The summed E-state index contributed by atoms with van der Waals surface area (Å²) in [5.74, 6) is 0. The maximum Gasteiger partial charge on any atom is 0.0449 e. The summed E-state index contributed by atoms with van der Waals surface area (Å²) in [5.41, 5.74) is 3.35. The Labute approximate surface area is 125 Å². The van der Waals surface area contributed by atoms with Gasteiger partial charge in [0.2, 0.25) is 0 Å². The van der Waals surface area contributed by atoms with Gasteiger partial charge >= 0.3 is 0 Å². The van der Waals surface area contributed by atoms with Crippen LogP contribution in [-0.2, 0) is 0 Å². The summed E-state index contributed by atoms with van der Waals surface area (Å²) in [6, 6.07) is 10.7. The van der Waals surface area contributed by atoms with Crippen LogP contribution in [0.2, 0.25) is 0 Å². The molecule has 3 rings (SSSR count). The van der Waals surface area contributed by atoms with Crippen molar-refractivity contribution < 1.29 is 0 Å². The lowest BCUT2D eigenvalue weighted by Crippen LogP contribution is -2.36. The summed E-state index contributed by atoms with van der Waals surface area (Å²) in [5, 5.41) is 1.68. The van der Waals surface area contributed by atoms with Crippen LogP contribution in [0.4, 0.5) is 5.69 Å². The van der Waals surface area contributed by atoms with Crippen molar-refractivity contribution in [1.82, 2.24) is 0 Å². The summed E-state index contributed by atoms with van der Waals surface area (Å²) in [6.07, 6.45) is 5.54. The van der Waals surface area contributed by atoms with E-state index < -0.39 is 0 Å². The third-order valence-electron chi connectivity index (χ3n) is 5.34. The topological polar surface area (TPSA) is 3.24 Å². The van der Waals surface area contributed by atoms with Gasteiger partial charge in [-0.3, -0.25) is 0 Å². The Morgan fingerprint density at radius 1 is 0.850 bits per heavy atom. The highest BCUT2D eigenvalue weighted by Crippen LogP contribution is 2.56. The Hall–Kier alpha value is -0.550. The zero-order valence-corrected chi connectivity index (χ0v) is 14.2. The molecule has 20 heavy (non-hydrogen) atoms. The van der Waals surface area contributed by atoms with E-state index in [1.54, 1.807) is 11.0 Å². The summed E-state index contributed by atoms with van der Waals surface area (Å²) < 4.78 is 0. The molecule has 4 atom stereocenters. The van der Waals surface area contributed by atoms with Crippen molar-refractivity contribution >= 4 is 18.9 Å². The molecule has 2 saturated heterocycles. The van der Waals surface area contributed by atoms with Crippen molar-refractivity contribution in [3.05, 3.63) is 24.3 Å². The van der Waals surface area contributed by atoms with E-state index in [0.717, 1.165) is 11.3 Å². The monoisotopic (exact) mass is 289 g/mol. The van der Waals surface area contributed by atoms with Crippen LogP contribution in [0, 0.1) is 0 Å². The van der Waals surface area contributed by atoms with Gasteiger partial charge in [0.1, 0.15) is 0 Å². The van der Waals surface area contributed by atoms with Crippen LogP contribution in [0.15, 0.2) is 24.3 Å². The average Bonchev–Trinajstić information content (AvgIpc) is 2.93. The van der Waals surface area contributed by atoms with Gasteiger partial charge in [-0.05, 0) is 62.2 Å². The van der Waals surface area contributed by atoms with Gasteiger partial charge in [0.05, 0.1) is 0 Å². The van der Waals surface area contributed by atoms with Crippen molar-refractivity contribution in [3.63, 3.8) is 0 Å². The molecule has 2 heterocycles. The molecule has 0 saturated carbocycles. The molecular formula is C18H28NP. The molecule has 2 fully saturated rings. The zero-order valence-electron chi connectivity index (χ0n) is 13.3. The van der Waals surface area contributed by atoms with Crippen LogP contribution < -0.4 is 10.2 Å². The molecule has 0 spiro atoms. The van der Waals surface area contributed by atoms with Crippen molar-refractivity contribution in [1.29, 1.82) is 0 Å². The second kappa shape index (κ2) is 5.68. The molecule has 1 aromatic carbocycles. The fourth-order valence-corrected chi connectivity index (χ4v) is 7.63. The molecule has 2 aliphatic heterocycles. The minimum atomic E-state index is 0.0207. The summed E-state index contributed by atoms with van der Waals surface area (Å²) in [4.78, 5) is 2.70. The van der Waals surface area contributed by atoms with Gasteiger partial charge in [-0.15, -0.1) is 0 Å². The van der Waals surface area contributed by atoms with Crippen LogP contribution in [0.5, 0.6) is 0 Å². The quantitative estimate of drug-likeness (QED) is 0.711. The van der Waals surface area contributed by atoms with Crippen LogP contribution in [-0.4, -0.2) is 23.4 Å². The van der Waals surface area contributed by atoms with Gasteiger partial charge in [-0.1, -0.05) is 40.0 Å². The first-order valence-corrected chi connectivity index (χ1v) is 9.73. The third-order valence-corrected chi connectivity index (χ3v) is 8.69. The molecule has 0 aromatic heterocycles. The van der Waals surface area contributed by atoms with Crippen molar-refractivity contribution in [2.45, 2.75) is 76.8 Å². The number of hydrogen-bond acceptors (Lipinski definition) is 1. The normalized spacial score (nSPS) is 34.9. The maximum absolute atomic E-state index is 2.70. The van der Waals surface area contributed by atoms with Crippen LogP contribution >= 0.6 is 7.92 Å². The van der Waals surface area contributed by atoms with Crippen molar-refractivity contribution in [2.24, 2.45) is 0 Å². The molecule has 1 unspecified atom stereocenters. The number of benzene rings is 1. The lowest BCUT2D eigenvalue weighted by molar-refractivity contribution is 0.696. The largest absolute Gasteiger partial charge is 0.366 e. The van der Waals surface area contributed by atoms with E-state index in [4.69, 9.17) is 0 Å². The second-order valence-electron chi connectivity index (χ2n) is 6.85. The smallest absolute Gasteiger partial charge is 0.0449 e. The molecule has 0 radical (unpaired) electrons. The summed E-state index contributed by atoms with van der Waals surface area (Å²) >= 11 is 0. The molecular weight excluding hydrogens is 261 g/mol. The van der Waals surface area contributed by atoms with Crippen molar-refractivity contribution in [2.75, 3.05) is 4.90 Å². The van der Waals surface area contributed by atoms with Crippen LogP contribution in [0.25, 0.3) is 0 Å². The van der Waals surface area contributed by atoms with E-state index >= 15 is 0 Å². The molecule has 0 amide bonds. The molecule has 1 nitrogen and oxygen atoms in total. The van der Waals surface area contributed by atoms with E-state index in [9.17, 15) is 0 Å². The SMILES string of the molecule is CC1CC[C@@H](C)N1c1ccccc1P1[C@@H](C)CC[C@@H]1C. The van der Waals surface area contributed by atoms with Gasteiger partial charge < -0.3 is 4.90 Å². The number of rotatable bonds is 2. The molecule has 0 bridgehead atoms. The highest BCUT2D eigenvalue weighted by molar-refractivity contribution is 7.67. The molecule has 110 valence electrons. The predicted octanol–water partition coefficient (Wildman–Crippen LogP) is 4.74. The number of nitrogens with zero attached hydrogens (tertiary/aromatic N) is 1. The highest BCUT2D eigenvalue weighted by atomic mass is 31.1. The summed E-state index contributed by atoms with van der Waals surface area (Å²) in [7, 11) is 0.0207. The van der Waals surface area contributed by atoms with Gasteiger partial charge in [-0.2, -0.15) is 0 Å². The Kier molecular flexibility index (Phi) is 4.09. The number of hydrogen-bond donors (Lipinski definition) is 0. The lowest BCUT2D eigenvalue weighted by atomic mass is 10.2. The van der Waals surface area contributed by atoms with E-state index in [-0.39, 0.29) is 7.92 Å². The molecule has 1 aromatic rings. The molecule has 0 N–H and O–H groups in total. The minimum absolute atomic E-state index is 0.0207. The fourth-order valence-electron chi connectivity index (χ4n) is 4.24. The Bertz CT molecular complexity index is 409. The first kappa shape index (κ1) is 14.4. The fraction of sp³-hybridized carbons (Fsp3) is 0.667. The third kappa shape index (κ3) is 2.39. The predicted molar refractivity (Wildman–Crippen MR) is 91.8 cm³/mol. The average molecular weight is 289 g/mol. The second-order valence-corrected chi connectivity index (χ2v) is 9.91. The maximum atomic E-state index is 2.70. The molecule has 2 heteroatoms. The van der Waals surface area contributed by atoms with Gasteiger partial charge in [0.25, 0.3) is 0 Å². The van der Waals surface area contributed by atoms with Crippen LogP contribution in [0.1, 0.15) is 53.4 Å². The van der Waals surface area contributed by atoms with E-state index in [1.807, 2.05) is 0 Å². The zero-order chi connectivity index (χ0) is 14.3. The Morgan fingerprint density at radius 3 is 2.00 bits per heavy atom. The standard InChI is InChI=1S/C18H28NP/c1-13-9-10-14(2)19(13)17-7-5-6-8-18(17)20-15(3)11-12-16(20)4/h5-8,13-16H,9-12H2,1-4H3/t13-,14?,15+,16+/m1/s1. The first-order valence-electron chi connectivity index (χ1n) is 8.25. The van der Waals surface area contributed by atoms with E-state index in [2.05, 4.69) is 56.9 Å². The van der Waals surface area contributed by atoms with Gasteiger partial charge in [-0.25, -0.2) is 0 Å². The van der Waals surface area contributed by atoms with E-state index in [0.29, 0.717) is 12.1 Å². The highest BCUT2D eigenvalue weighted by Gasteiger charge is 2.35. The summed E-state index contributed by atoms with van der Waals surface area (Å²) in [6.45, 7) is 9.75. The molecule has 0 aliphatic carbocycles. The lowest BCUT2D eigenvalue weighted by Gasteiger charge is -2.34. The number of anilines is 1. The minimum Gasteiger partial charge on any atom is -0.366 e. The van der Waals surface area contributed by atoms with Crippen LogP contribution in [0.3, 0.4) is 0 Å². The Morgan fingerprint density at radius 2 is 1.40 bits per heavy atom. The van der Waals surface area contributed by atoms with Gasteiger partial charge in [0.15, 0.2) is 0 Å². The van der Waals surface area contributed by atoms with Gasteiger partial charge in [0, 0.05) is 17.8 Å². The van der Waals surface area contributed by atoms with Crippen molar-refractivity contribution in [3.8, 4) is 0 Å². The molecule has 2 aliphatic rings. The number of para-hydroxylation sites is 1. The van der Waals surface area contributed by atoms with E-state index in [1.165, 1.54) is 25.7 Å². The Balaban J connectivity index is 2.00.